The van der Waals surface area contributed by atoms with Crippen LogP contribution in [-0.4, -0.2) is 569 Å². The lowest BCUT2D eigenvalue weighted by Crippen LogP contribution is -2.71. The lowest BCUT2D eigenvalue weighted by Gasteiger charge is -2.51. The number of carbonyl (C=O) groups is 5. The molecule has 11 heterocycles. The van der Waals surface area contributed by atoms with Crippen LogP contribution in [0.25, 0.3) is 0 Å². The van der Waals surface area contributed by atoms with Crippen molar-refractivity contribution in [1.29, 1.82) is 0 Å². The van der Waals surface area contributed by atoms with E-state index in [1.807, 2.05) is 0 Å². The summed E-state index contributed by atoms with van der Waals surface area (Å²) < 4.78 is 125. The van der Waals surface area contributed by atoms with Gasteiger partial charge in [0, 0.05) is 34.6 Å². The van der Waals surface area contributed by atoms with Crippen molar-refractivity contribution in [2.75, 3.05) is 59.5 Å². The predicted molar refractivity (Wildman–Crippen MR) is 417 cm³/mol. The Morgan fingerprint density at radius 1 is 0.207 bits per heavy atom. The maximum Gasteiger partial charge on any atom is 0.217 e. The van der Waals surface area contributed by atoms with Gasteiger partial charge in [0.05, 0.1) is 71.7 Å². The Balaban J connectivity index is 0.879. The van der Waals surface area contributed by atoms with Gasteiger partial charge >= 0.3 is 0 Å². The van der Waals surface area contributed by atoms with E-state index in [0.717, 1.165) is 34.6 Å². The lowest BCUT2D eigenvalue weighted by molar-refractivity contribution is -0.388. The van der Waals surface area contributed by atoms with Crippen LogP contribution in [0, 0.1) is 0 Å². The SMILES string of the molecule is CC(=O)N[C@@H]1[C@@H](O[C@@H]2O[C@H](CO[C@@H]3O[C@H](CO)[C@@H](O[C@@H]4O[C@H](CO)[C@H](O)[C@H](O)[C@H]4O[C@@H]4O[C@@H](C)[C@@H](O)[C@@H](O)[C@@H]4O)[C@H](O)[C@H]3NC(C)=O)[C@H](O)[C@H](O[C@@H]3O[C@H](CO)[C@@H](O[C@@H]4O[C@H](CO)[C@H](O[C@H]5O[C@H](CO)[C@@H](O)[C@H](O)[C@H]5NC(C)=O)[C@H](O)[C@H]4O)[C@H](O)[C@H]3NC(C)=O)[C@H]2O)[C@@H](O)[C@@H](CO[C@@H]2O[C@H](CO)[C@@H](O[C@@H]3O[C@H](CO)[C@H](O)[C@H](O)[C@H]3O[C@@H]3O[C@@H](C)[C@@H](O)[C@@H](O)[C@@H]3O)[C@H](O)[C@H]2NC(C)=O)O[C@@H]1O. The van der Waals surface area contributed by atoms with E-state index in [9.17, 15) is 167 Å². The number of aliphatic hydroxyl groups excluding tert-OH is 28. The van der Waals surface area contributed by atoms with Crippen molar-refractivity contribution in [2.45, 2.75) is 386 Å². The van der Waals surface area contributed by atoms with Gasteiger partial charge in [0.25, 0.3) is 0 Å². The minimum Gasteiger partial charge on any atom is -0.394 e. The fraction of sp³-hybridized carbons (Fsp3) is 0.934. The van der Waals surface area contributed by atoms with Crippen molar-refractivity contribution in [3.05, 3.63) is 0 Å². The Kier molecular flexibility index (Phi) is 39.5. The predicted octanol–water partition coefficient (Wildman–Crippen LogP) is -22.2. The summed E-state index contributed by atoms with van der Waals surface area (Å²) in [6.45, 7) is -2.67. The molecule has 59 heteroatoms. The number of rotatable bonds is 34. The molecule has 59 nitrogen and oxygen atoms in total. The standard InChI is InChI=1S/C76H127N5O54/c1-17-38(94)49(105)54(110)71(117-17)134-64-51(107)41(97)25(9-83)121-75(64)130-59-27(11-85)123-67(34(46(59)102)78-20(4)90)115-15-31-43(99)62(37(66(114)119-31)81-23(7)93)132-74-57(113)63(133-70-36(80-22(6)92)48(104)58(29(13-87)125-70)129-73-56(112)53(109)61(30(14-88)126-73)128-69-33(77-19(3)89)45(101)40(96)24(8-82)120-69)44(100)32(127-74)16-116-68-35(79-21(5)91)47(103)60(28(12-86)124-68)131-76-65(52(108)42(98)26(10-84)122-76)135-72-55(111)50(106)39(95)18(2)118-72/h17-18,24-76,82-88,94-114H,8-16H2,1-7H3,(H,77,89)(H,78,90)(H,79,91)(H,80,92)(H,81,93)/t17-,18-,24+,25+,26+,27+,28+,29+,30+,31+,32+,33+,34+,35+,36+,37+,38+,39+,40+,41-,42-,43-,44-,45+,46+,47+,48+,49+,50+,51-,52-,53+,54-,55-,56+,57+,58+,59+,60+,61-,62+,63-,64+,65+,66-,67+,68+,69+,70-,71-,72-,73-,74-,75-,76-/m0/s1. The molecule has 780 valence electrons. The van der Waals surface area contributed by atoms with Crippen LogP contribution < -0.4 is 26.6 Å². The molecule has 0 saturated carbocycles. The van der Waals surface area contributed by atoms with E-state index in [4.69, 9.17) is 99.5 Å². The van der Waals surface area contributed by atoms with Gasteiger partial charge in [0.1, 0.15) is 256 Å². The average Bonchev–Trinajstić information content (AvgIpc) is 0.774. The largest absolute Gasteiger partial charge is 0.394 e. The van der Waals surface area contributed by atoms with Crippen molar-refractivity contribution in [2.24, 2.45) is 0 Å². The first-order valence-electron chi connectivity index (χ1n) is 43.4. The number of hydrogen-bond acceptors (Lipinski definition) is 54. The monoisotopic (exact) mass is 1970 g/mol. The highest BCUT2D eigenvalue weighted by atomic mass is 16.8. The topological polar surface area (TPSA) is 906 Å². The molecule has 11 rings (SSSR count). The third-order valence-corrected chi connectivity index (χ3v) is 24.9. The Hall–Kier alpha value is -4.61. The zero-order valence-electron chi connectivity index (χ0n) is 73.3. The summed E-state index contributed by atoms with van der Waals surface area (Å²) in [6.07, 6.45) is -101. The third kappa shape index (κ3) is 24.7. The molecule has 5 amide bonds. The van der Waals surface area contributed by atoms with Crippen molar-refractivity contribution in [3.63, 3.8) is 0 Å². The number of amides is 5. The van der Waals surface area contributed by atoms with Crippen LogP contribution in [0.1, 0.15) is 48.5 Å². The van der Waals surface area contributed by atoms with Gasteiger partial charge in [0.15, 0.2) is 69.2 Å². The molecule has 135 heavy (non-hydrogen) atoms. The maximum absolute atomic E-state index is 13.3. The van der Waals surface area contributed by atoms with Gasteiger partial charge in [-0.1, -0.05) is 0 Å². The van der Waals surface area contributed by atoms with Crippen LogP contribution in [0.15, 0.2) is 0 Å². The molecule has 55 atom stereocenters. The smallest absolute Gasteiger partial charge is 0.217 e. The van der Waals surface area contributed by atoms with Crippen LogP contribution in [0.5, 0.6) is 0 Å². The van der Waals surface area contributed by atoms with Crippen LogP contribution in [0.3, 0.4) is 0 Å². The van der Waals surface area contributed by atoms with E-state index in [-0.39, 0.29) is 0 Å². The van der Waals surface area contributed by atoms with E-state index >= 15 is 0 Å². The molecule has 0 aromatic carbocycles. The van der Waals surface area contributed by atoms with E-state index < -0.39 is 426 Å². The average molecular weight is 1970 g/mol. The number of aliphatic hydroxyl groups is 28. The first-order valence-corrected chi connectivity index (χ1v) is 43.4. The molecule has 11 aliphatic rings. The quantitative estimate of drug-likeness (QED) is 0.0284. The van der Waals surface area contributed by atoms with Crippen molar-refractivity contribution in [3.8, 4) is 0 Å². The number of hydrogen-bond donors (Lipinski definition) is 33. The van der Waals surface area contributed by atoms with E-state index in [1.54, 1.807) is 0 Å². The van der Waals surface area contributed by atoms with Gasteiger partial charge in [-0.15, -0.1) is 0 Å². The fourth-order valence-corrected chi connectivity index (χ4v) is 17.6. The van der Waals surface area contributed by atoms with E-state index in [0.29, 0.717) is 0 Å². The second-order valence-electron chi connectivity index (χ2n) is 34.5. The molecule has 11 fully saturated rings. The molecule has 0 aliphatic carbocycles. The maximum atomic E-state index is 13.3. The fourth-order valence-electron chi connectivity index (χ4n) is 17.6. The molecule has 0 spiro atoms. The van der Waals surface area contributed by atoms with E-state index in [1.165, 1.54) is 13.8 Å². The molecule has 0 aromatic heterocycles. The summed E-state index contributed by atoms with van der Waals surface area (Å²) in [7, 11) is 0. The highest BCUT2D eigenvalue weighted by Crippen LogP contribution is 2.42. The third-order valence-electron chi connectivity index (χ3n) is 24.9. The van der Waals surface area contributed by atoms with Crippen LogP contribution >= 0.6 is 0 Å². The molecular weight excluding hydrogens is 1850 g/mol. The molecule has 0 bridgehead atoms. The molecule has 11 saturated heterocycles. The summed E-state index contributed by atoms with van der Waals surface area (Å²) in [4.78, 5) is 65.0. The summed E-state index contributed by atoms with van der Waals surface area (Å²) in [5.74, 6) is -4.72. The number of ether oxygens (including phenoxy) is 21. The van der Waals surface area contributed by atoms with Gasteiger partial charge in [-0.05, 0) is 13.8 Å². The van der Waals surface area contributed by atoms with Gasteiger partial charge in [-0.25, -0.2) is 0 Å². The minimum absolute atomic E-state index is 0.800. The van der Waals surface area contributed by atoms with Crippen LogP contribution in [0.4, 0.5) is 0 Å². The first kappa shape index (κ1) is 111. The first-order chi connectivity index (χ1) is 63.8. The zero-order chi connectivity index (χ0) is 99.4. The van der Waals surface area contributed by atoms with Gasteiger partial charge < -0.3 is 269 Å². The highest BCUT2D eigenvalue weighted by Gasteiger charge is 2.63. The van der Waals surface area contributed by atoms with E-state index in [2.05, 4.69) is 26.6 Å². The molecule has 0 radical (unpaired) electrons. The van der Waals surface area contributed by atoms with Gasteiger partial charge in [-0.2, -0.15) is 0 Å². The second-order valence-corrected chi connectivity index (χ2v) is 34.5. The summed E-state index contributed by atoms with van der Waals surface area (Å²) >= 11 is 0. The molecular formula is C76H127N5O54. The van der Waals surface area contributed by atoms with Crippen LogP contribution in [-0.2, 0) is 123 Å². The second kappa shape index (κ2) is 48.2. The van der Waals surface area contributed by atoms with Crippen molar-refractivity contribution >= 4 is 29.5 Å². The summed E-state index contributed by atoms with van der Waals surface area (Å²) in [6, 6.07) is -9.56. The Labute approximate surface area is 765 Å². The molecule has 0 aromatic rings. The highest BCUT2D eigenvalue weighted by molar-refractivity contribution is 5.75. The van der Waals surface area contributed by atoms with Gasteiger partial charge in [-0.3, -0.25) is 24.0 Å². The number of carbonyl (C=O) groups excluding carboxylic acids is 5. The normalized spacial score (nSPS) is 49.5. The van der Waals surface area contributed by atoms with Crippen molar-refractivity contribution < 1.29 is 266 Å². The lowest BCUT2D eigenvalue weighted by atomic mass is 9.93. The Morgan fingerprint density at radius 3 is 0.837 bits per heavy atom. The molecule has 0 unspecified atom stereocenters. The van der Waals surface area contributed by atoms with Gasteiger partial charge in [0.2, 0.25) is 29.5 Å². The molecule has 33 N–H and O–H groups in total. The minimum atomic E-state index is -2.60. The summed E-state index contributed by atoms with van der Waals surface area (Å²) in [5.41, 5.74) is 0. The Bertz CT molecular complexity index is 3750. The zero-order valence-corrected chi connectivity index (χ0v) is 73.3. The number of nitrogens with one attached hydrogen (secondary N) is 5. The van der Waals surface area contributed by atoms with Crippen LogP contribution in [0.2, 0.25) is 0 Å². The van der Waals surface area contributed by atoms with Crippen molar-refractivity contribution in [1.82, 2.24) is 26.6 Å². The molecule has 11 aliphatic heterocycles. The Morgan fingerprint density at radius 2 is 0.452 bits per heavy atom. The summed E-state index contributed by atoms with van der Waals surface area (Å²) in [5, 5.41) is 326.